The van der Waals surface area contributed by atoms with Crippen LogP contribution in [0.15, 0.2) is 54.6 Å². The topological polar surface area (TPSA) is 52.9 Å². The predicted octanol–water partition coefficient (Wildman–Crippen LogP) is 3.54. The van der Waals surface area contributed by atoms with Crippen LogP contribution in [0, 0.1) is 11.3 Å². The Bertz CT molecular complexity index is 682. The molecule has 0 aliphatic rings. The SMILES string of the molecule is N#Cc1ccc(CNC(=O)/C=C/c2ccc(Cl)cc2)cc1. The van der Waals surface area contributed by atoms with Crippen LogP contribution in [0.1, 0.15) is 16.7 Å². The van der Waals surface area contributed by atoms with E-state index in [9.17, 15) is 4.79 Å². The maximum Gasteiger partial charge on any atom is 0.244 e. The summed E-state index contributed by atoms with van der Waals surface area (Å²) in [7, 11) is 0. The van der Waals surface area contributed by atoms with Gasteiger partial charge in [-0.3, -0.25) is 4.79 Å². The van der Waals surface area contributed by atoms with E-state index < -0.39 is 0 Å². The Kier molecular flexibility index (Phi) is 5.14. The number of amides is 1. The van der Waals surface area contributed by atoms with E-state index in [0.717, 1.165) is 11.1 Å². The molecule has 21 heavy (non-hydrogen) atoms. The molecule has 1 N–H and O–H groups in total. The Morgan fingerprint density at radius 2 is 1.81 bits per heavy atom. The summed E-state index contributed by atoms with van der Waals surface area (Å²) in [5.41, 5.74) is 2.46. The first-order chi connectivity index (χ1) is 10.2. The molecule has 0 fully saturated rings. The first-order valence-corrected chi connectivity index (χ1v) is 6.76. The molecule has 0 aromatic heterocycles. The molecule has 2 aromatic rings. The summed E-state index contributed by atoms with van der Waals surface area (Å²) >= 11 is 5.79. The highest BCUT2D eigenvalue weighted by molar-refractivity contribution is 6.30. The first-order valence-electron chi connectivity index (χ1n) is 6.38. The molecule has 0 radical (unpaired) electrons. The van der Waals surface area contributed by atoms with Crippen LogP contribution in [0.3, 0.4) is 0 Å². The predicted molar refractivity (Wildman–Crippen MR) is 83.5 cm³/mol. The lowest BCUT2D eigenvalue weighted by atomic mass is 10.1. The van der Waals surface area contributed by atoms with Crippen molar-refractivity contribution < 1.29 is 4.79 Å². The third-order valence-corrected chi connectivity index (χ3v) is 3.10. The van der Waals surface area contributed by atoms with Crippen LogP contribution in [-0.2, 0) is 11.3 Å². The number of carbonyl (C=O) groups is 1. The van der Waals surface area contributed by atoms with Crippen LogP contribution in [0.4, 0.5) is 0 Å². The van der Waals surface area contributed by atoms with Gasteiger partial charge in [0.1, 0.15) is 0 Å². The maximum atomic E-state index is 11.7. The highest BCUT2D eigenvalue weighted by Crippen LogP contribution is 2.10. The molecular weight excluding hydrogens is 284 g/mol. The first kappa shape index (κ1) is 14.8. The van der Waals surface area contributed by atoms with Crippen LogP contribution in [0.2, 0.25) is 5.02 Å². The number of nitrogens with one attached hydrogen (secondary N) is 1. The minimum absolute atomic E-state index is 0.172. The smallest absolute Gasteiger partial charge is 0.244 e. The number of nitrogens with zero attached hydrogens (tertiary/aromatic N) is 1. The number of nitriles is 1. The second-order valence-electron chi connectivity index (χ2n) is 4.41. The van der Waals surface area contributed by atoms with Crippen molar-refractivity contribution in [3.8, 4) is 6.07 Å². The van der Waals surface area contributed by atoms with E-state index in [1.54, 1.807) is 30.3 Å². The van der Waals surface area contributed by atoms with Gasteiger partial charge in [0.15, 0.2) is 0 Å². The zero-order valence-corrected chi connectivity index (χ0v) is 12.0. The fraction of sp³-hybridized carbons (Fsp3) is 0.0588. The number of hydrogen-bond donors (Lipinski definition) is 1. The van der Waals surface area contributed by atoms with Gasteiger partial charge in [0.2, 0.25) is 5.91 Å². The molecule has 0 unspecified atom stereocenters. The molecule has 104 valence electrons. The molecule has 3 nitrogen and oxygen atoms in total. The van der Waals surface area contributed by atoms with Gasteiger partial charge in [-0.2, -0.15) is 5.26 Å². The molecule has 2 aromatic carbocycles. The zero-order chi connectivity index (χ0) is 15.1. The maximum absolute atomic E-state index is 11.7. The molecule has 0 bridgehead atoms. The quantitative estimate of drug-likeness (QED) is 0.877. The van der Waals surface area contributed by atoms with Crippen LogP contribution < -0.4 is 5.32 Å². The molecule has 0 aliphatic heterocycles. The minimum atomic E-state index is -0.172. The van der Waals surface area contributed by atoms with Gasteiger partial charge >= 0.3 is 0 Å². The largest absolute Gasteiger partial charge is 0.348 e. The van der Waals surface area contributed by atoms with Crippen molar-refractivity contribution in [3.05, 3.63) is 76.3 Å². The summed E-state index contributed by atoms with van der Waals surface area (Å²) in [5.74, 6) is -0.172. The van der Waals surface area contributed by atoms with Crippen molar-refractivity contribution >= 4 is 23.6 Å². The van der Waals surface area contributed by atoms with Gasteiger partial charge in [-0.1, -0.05) is 35.9 Å². The Balaban J connectivity index is 1.86. The molecule has 0 atom stereocenters. The third kappa shape index (κ3) is 4.79. The van der Waals surface area contributed by atoms with Gasteiger partial charge in [-0.25, -0.2) is 0 Å². The summed E-state index contributed by atoms with van der Waals surface area (Å²) in [4.78, 5) is 11.7. The highest BCUT2D eigenvalue weighted by atomic mass is 35.5. The average Bonchev–Trinajstić information content (AvgIpc) is 2.53. The molecule has 0 saturated carbocycles. The van der Waals surface area contributed by atoms with E-state index in [1.165, 1.54) is 6.08 Å². The molecule has 0 spiro atoms. The number of benzene rings is 2. The highest BCUT2D eigenvalue weighted by Gasteiger charge is 1.97. The number of rotatable bonds is 4. The second-order valence-corrected chi connectivity index (χ2v) is 4.85. The fourth-order valence-electron chi connectivity index (χ4n) is 1.69. The standard InChI is InChI=1S/C17H13ClN2O/c18-16-8-5-13(6-9-16)7-10-17(21)20-12-15-3-1-14(11-19)2-4-15/h1-10H,12H2,(H,20,21)/b10-7+. The Morgan fingerprint density at radius 3 is 2.43 bits per heavy atom. The number of carbonyl (C=O) groups excluding carboxylic acids is 1. The van der Waals surface area contributed by atoms with Crippen molar-refractivity contribution in [2.24, 2.45) is 0 Å². The van der Waals surface area contributed by atoms with E-state index >= 15 is 0 Å². The van der Waals surface area contributed by atoms with Gasteiger partial charge in [-0.05, 0) is 41.5 Å². The summed E-state index contributed by atoms with van der Waals surface area (Å²) in [5, 5.41) is 12.2. The minimum Gasteiger partial charge on any atom is -0.348 e. The van der Waals surface area contributed by atoms with Crippen LogP contribution >= 0.6 is 11.6 Å². The van der Waals surface area contributed by atoms with Gasteiger partial charge in [0, 0.05) is 17.6 Å². The Morgan fingerprint density at radius 1 is 1.14 bits per heavy atom. The van der Waals surface area contributed by atoms with Crippen molar-refractivity contribution in [1.29, 1.82) is 5.26 Å². The zero-order valence-electron chi connectivity index (χ0n) is 11.2. The fourth-order valence-corrected chi connectivity index (χ4v) is 1.82. The number of hydrogen-bond acceptors (Lipinski definition) is 2. The second kappa shape index (κ2) is 7.28. The molecule has 0 heterocycles. The van der Waals surface area contributed by atoms with E-state index in [0.29, 0.717) is 17.1 Å². The monoisotopic (exact) mass is 296 g/mol. The van der Waals surface area contributed by atoms with E-state index in [4.69, 9.17) is 16.9 Å². The van der Waals surface area contributed by atoms with Gasteiger partial charge in [-0.15, -0.1) is 0 Å². The van der Waals surface area contributed by atoms with Crippen molar-refractivity contribution in [2.45, 2.75) is 6.54 Å². The van der Waals surface area contributed by atoms with Gasteiger partial charge in [0.25, 0.3) is 0 Å². The van der Waals surface area contributed by atoms with Crippen LogP contribution in [0.5, 0.6) is 0 Å². The average molecular weight is 297 g/mol. The Labute approximate surface area is 128 Å². The lowest BCUT2D eigenvalue weighted by molar-refractivity contribution is -0.116. The summed E-state index contributed by atoms with van der Waals surface area (Å²) in [6.07, 6.45) is 3.21. The summed E-state index contributed by atoms with van der Waals surface area (Å²) in [6, 6.07) is 16.4. The molecule has 2 rings (SSSR count). The third-order valence-electron chi connectivity index (χ3n) is 2.85. The van der Waals surface area contributed by atoms with Crippen molar-refractivity contribution in [2.75, 3.05) is 0 Å². The molecule has 0 saturated heterocycles. The summed E-state index contributed by atoms with van der Waals surface area (Å²) in [6.45, 7) is 0.426. The molecule has 4 heteroatoms. The van der Waals surface area contributed by atoms with E-state index in [1.807, 2.05) is 24.3 Å². The van der Waals surface area contributed by atoms with Crippen molar-refractivity contribution in [3.63, 3.8) is 0 Å². The van der Waals surface area contributed by atoms with Gasteiger partial charge in [0.05, 0.1) is 11.6 Å². The normalized spacial score (nSPS) is 10.3. The van der Waals surface area contributed by atoms with E-state index in [-0.39, 0.29) is 5.91 Å². The van der Waals surface area contributed by atoms with E-state index in [2.05, 4.69) is 11.4 Å². The molecule has 1 amide bonds. The van der Waals surface area contributed by atoms with Crippen molar-refractivity contribution in [1.82, 2.24) is 5.32 Å². The lowest BCUT2D eigenvalue weighted by Crippen LogP contribution is -2.20. The Hall–Kier alpha value is -2.57. The lowest BCUT2D eigenvalue weighted by Gasteiger charge is -2.02. The van der Waals surface area contributed by atoms with Gasteiger partial charge < -0.3 is 5.32 Å². The summed E-state index contributed by atoms with van der Waals surface area (Å²) < 4.78 is 0. The van der Waals surface area contributed by atoms with Crippen LogP contribution in [-0.4, -0.2) is 5.91 Å². The molecule has 0 aliphatic carbocycles. The molecular formula is C17H13ClN2O. The van der Waals surface area contributed by atoms with Crippen LogP contribution in [0.25, 0.3) is 6.08 Å². The number of halogens is 1.